The number of nitrogens with zero attached hydrogens (tertiary/aromatic N) is 1. The molecule has 0 radical (unpaired) electrons. The zero-order chi connectivity index (χ0) is 15.2. The molecule has 118 valence electrons. The van der Waals surface area contributed by atoms with Gasteiger partial charge in [-0.05, 0) is 36.4 Å². The van der Waals surface area contributed by atoms with Gasteiger partial charge in [-0.15, -0.1) is 0 Å². The predicted molar refractivity (Wildman–Crippen MR) is 88.4 cm³/mol. The monoisotopic (exact) mass is 290 g/mol. The fourth-order valence-corrected chi connectivity index (χ4v) is 3.08. The largest absolute Gasteiger partial charge is 0.374 e. The lowest BCUT2D eigenvalue weighted by molar-refractivity contribution is -0.0408. The van der Waals surface area contributed by atoms with Crippen LogP contribution in [-0.2, 0) is 11.2 Å². The Labute approximate surface area is 129 Å². The van der Waals surface area contributed by atoms with Crippen molar-refractivity contribution in [2.45, 2.75) is 45.8 Å². The van der Waals surface area contributed by atoms with Gasteiger partial charge in [0.05, 0.1) is 18.8 Å². The minimum Gasteiger partial charge on any atom is -0.374 e. The lowest BCUT2D eigenvalue weighted by atomic mass is 9.95. The molecule has 0 aromatic heterocycles. The van der Waals surface area contributed by atoms with Gasteiger partial charge >= 0.3 is 0 Å². The minimum atomic E-state index is -0.0308. The second-order valence-electron chi connectivity index (χ2n) is 6.58. The number of rotatable bonds is 6. The van der Waals surface area contributed by atoms with Gasteiger partial charge in [-0.3, -0.25) is 4.90 Å². The van der Waals surface area contributed by atoms with E-state index in [1.54, 1.807) is 0 Å². The van der Waals surface area contributed by atoms with Gasteiger partial charge in [0.15, 0.2) is 0 Å². The van der Waals surface area contributed by atoms with Gasteiger partial charge in [-0.25, -0.2) is 0 Å². The molecule has 1 aliphatic heterocycles. The molecule has 1 aromatic carbocycles. The van der Waals surface area contributed by atoms with Crippen LogP contribution in [0.3, 0.4) is 0 Å². The molecule has 0 aliphatic carbocycles. The molecule has 3 heteroatoms. The summed E-state index contributed by atoms with van der Waals surface area (Å²) in [5.74, 6) is 0.669. The lowest BCUT2D eigenvalue weighted by Gasteiger charge is -2.35. The van der Waals surface area contributed by atoms with Crippen molar-refractivity contribution in [2.24, 2.45) is 11.7 Å². The topological polar surface area (TPSA) is 38.5 Å². The van der Waals surface area contributed by atoms with Gasteiger partial charge in [-0.1, -0.05) is 45.0 Å². The summed E-state index contributed by atoms with van der Waals surface area (Å²) >= 11 is 0. The first-order valence-electron chi connectivity index (χ1n) is 8.28. The molecule has 3 nitrogen and oxygen atoms in total. The molecule has 2 rings (SSSR count). The van der Waals surface area contributed by atoms with Crippen LogP contribution >= 0.6 is 0 Å². The van der Waals surface area contributed by atoms with Crippen LogP contribution in [0.15, 0.2) is 24.3 Å². The van der Waals surface area contributed by atoms with E-state index in [-0.39, 0.29) is 12.1 Å². The van der Waals surface area contributed by atoms with Crippen LogP contribution in [0.1, 0.15) is 44.4 Å². The van der Waals surface area contributed by atoms with Crippen molar-refractivity contribution in [2.75, 3.05) is 26.2 Å². The van der Waals surface area contributed by atoms with E-state index >= 15 is 0 Å². The Morgan fingerprint density at radius 3 is 2.90 bits per heavy atom. The molecule has 21 heavy (non-hydrogen) atoms. The Balaban J connectivity index is 2.03. The molecule has 0 bridgehead atoms. The van der Waals surface area contributed by atoms with E-state index in [9.17, 15) is 0 Å². The predicted octanol–water partition coefficient (Wildman–Crippen LogP) is 3.00. The van der Waals surface area contributed by atoms with Gasteiger partial charge in [-0.2, -0.15) is 0 Å². The molecule has 1 heterocycles. The van der Waals surface area contributed by atoms with Crippen molar-refractivity contribution in [3.05, 3.63) is 35.4 Å². The maximum atomic E-state index is 6.48. The highest BCUT2D eigenvalue weighted by Gasteiger charge is 2.26. The van der Waals surface area contributed by atoms with Crippen molar-refractivity contribution in [1.29, 1.82) is 0 Å². The van der Waals surface area contributed by atoms with Gasteiger partial charge in [0.25, 0.3) is 0 Å². The molecule has 2 N–H and O–H groups in total. The SMILES string of the molecule is CCCN1CCOC(C(N)c2cccc(CC(C)C)c2)C1. The summed E-state index contributed by atoms with van der Waals surface area (Å²) in [4.78, 5) is 2.46. The highest BCUT2D eigenvalue weighted by molar-refractivity contribution is 5.27. The summed E-state index contributed by atoms with van der Waals surface area (Å²) in [6.45, 7) is 10.6. The molecule has 1 fully saturated rings. The highest BCUT2D eigenvalue weighted by atomic mass is 16.5. The lowest BCUT2D eigenvalue weighted by Crippen LogP contribution is -2.47. The van der Waals surface area contributed by atoms with E-state index in [0.717, 1.165) is 32.7 Å². The zero-order valence-electron chi connectivity index (χ0n) is 13.7. The van der Waals surface area contributed by atoms with Crippen molar-refractivity contribution in [3.8, 4) is 0 Å². The van der Waals surface area contributed by atoms with E-state index < -0.39 is 0 Å². The van der Waals surface area contributed by atoms with E-state index in [0.29, 0.717) is 5.92 Å². The molecular weight excluding hydrogens is 260 g/mol. The Bertz CT molecular complexity index is 431. The molecule has 0 spiro atoms. The maximum Gasteiger partial charge on any atom is 0.0894 e. The molecular formula is C18H30N2O. The fourth-order valence-electron chi connectivity index (χ4n) is 3.08. The van der Waals surface area contributed by atoms with Crippen LogP contribution < -0.4 is 5.73 Å². The van der Waals surface area contributed by atoms with E-state index in [4.69, 9.17) is 10.5 Å². The van der Waals surface area contributed by atoms with Crippen molar-refractivity contribution >= 4 is 0 Å². The van der Waals surface area contributed by atoms with E-state index in [1.807, 2.05) is 0 Å². The van der Waals surface area contributed by atoms with Crippen LogP contribution in [-0.4, -0.2) is 37.2 Å². The first kappa shape index (κ1) is 16.5. The Morgan fingerprint density at radius 1 is 1.38 bits per heavy atom. The van der Waals surface area contributed by atoms with Crippen molar-refractivity contribution < 1.29 is 4.74 Å². The van der Waals surface area contributed by atoms with Crippen LogP contribution in [0.5, 0.6) is 0 Å². The number of hydrogen-bond donors (Lipinski definition) is 1. The Kier molecular flexibility index (Phi) is 6.22. The fraction of sp³-hybridized carbons (Fsp3) is 0.667. The molecule has 2 unspecified atom stereocenters. The number of benzene rings is 1. The molecule has 1 aromatic rings. The van der Waals surface area contributed by atoms with Crippen molar-refractivity contribution in [1.82, 2.24) is 4.90 Å². The summed E-state index contributed by atoms with van der Waals surface area (Å²) in [5.41, 5.74) is 9.06. The number of ether oxygens (including phenoxy) is 1. The first-order chi connectivity index (χ1) is 10.1. The summed E-state index contributed by atoms with van der Waals surface area (Å²) < 4.78 is 5.93. The summed E-state index contributed by atoms with van der Waals surface area (Å²) in [7, 11) is 0. The van der Waals surface area contributed by atoms with E-state index in [2.05, 4.69) is 49.9 Å². The smallest absolute Gasteiger partial charge is 0.0894 e. The number of hydrogen-bond acceptors (Lipinski definition) is 3. The third-order valence-electron chi connectivity index (χ3n) is 4.10. The van der Waals surface area contributed by atoms with Crippen molar-refractivity contribution in [3.63, 3.8) is 0 Å². The Morgan fingerprint density at radius 2 is 2.19 bits per heavy atom. The minimum absolute atomic E-state index is 0.0308. The van der Waals surface area contributed by atoms with Crippen LogP contribution in [0.2, 0.25) is 0 Å². The van der Waals surface area contributed by atoms with Crippen LogP contribution in [0, 0.1) is 5.92 Å². The normalized spacial score (nSPS) is 21.7. The molecule has 0 amide bonds. The van der Waals surface area contributed by atoms with Gasteiger partial charge in [0.1, 0.15) is 0 Å². The van der Waals surface area contributed by atoms with Gasteiger partial charge in [0, 0.05) is 13.1 Å². The molecule has 2 atom stereocenters. The zero-order valence-corrected chi connectivity index (χ0v) is 13.7. The second kappa shape index (κ2) is 7.92. The first-order valence-corrected chi connectivity index (χ1v) is 8.28. The second-order valence-corrected chi connectivity index (χ2v) is 6.58. The standard InChI is InChI=1S/C18H30N2O/c1-4-8-20-9-10-21-17(13-20)18(19)16-7-5-6-15(12-16)11-14(2)3/h5-7,12,14,17-18H,4,8-11,13,19H2,1-3H3. The highest BCUT2D eigenvalue weighted by Crippen LogP contribution is 2.22. The average Bonchev–Trinajstić information content (AvgIpc) is 2.47. The van der Waals surface area contributed by atoms with Crippen LogP contribution in [0.25, 0.3) is 0 Å². The maximum absolute atomic E-state index is 6.48. The van der Waals surface area contributed by atoms with Crippen LogP contribution in [0.4, 0.5) is 0 Å². The quantitative estimate of drug-likeness (QED) is 0.875. The summed E-state index contributed by atoms with van der Waals surface area (Å²) in [5, 5.41) is 0. The summed E-state index contributed by atoms with van der Waals surface area (Å²) in [6.07, 6.45) is 2.40. The van der Waals surface area contributed by atoms with Gasteiger partial charge in [0.2, 0.25) is 0 Å². The third-order valence-corrected chi connectivity index (χ3v) is 4.10. The number of morpholine rings is 1. The third kappa shape index (κ3) is 4.80. The molecule has 0 saturated carbocycles. The molecule has 1 saturated heterocycles. The van der Waals surface area contributed by atoms with Gasteiger partial charge < -0.3 is 10.5 Å². The average molecular weight is 290 g/mol. The summed E-state index contributed by atoms with van der Waals surface area (Å²) in [6, 6.07) is 8.68. The Hall–Kier alpha value is -0.900. The molecule has 1 aliphatic rings. The van der Waals surface area contributed by atoms with E-state index in [1.165, 1.54) is 17.5 Å². The number of nitrogens with two attached hydrogens (primary N) is 1.